The molecule has 50 valence electrons. The van der Waals surface area contributed by atoms with Crippen LogP contribution in [0.2, 0.25) is 0 Å². The third kappa shape index (κ3) is 1.19. The molecular formula is C5H8N2O2. The maximum Gasteiger partial charge on any atom is 0.242 e. The highest BCUT2D eigenvalue weighted by Gasteiger charge is 2.18. The molecule has 1 aliphatic heterocycles. The molecule has 4 heteroatoms. The minimum absolute atomic E-state index is 0.0328. The Kier molecular flexibility index (Phi) is 1.38. The molecular weight excluding hydrogens is 123 g/mol. The van der Waals surface area contributed by atoms with Gasteiger partial charge in [-0.2, -0.15) is 0 Å². The van der Waals surface area contributed by atoms with E-state index >= 15 is 0 Å². The average Bonchev–Trinajstić information content (AvgIpc) is 1.80. The van der Waals surface area contributed by atoms with Crippen molar-refractivity contribution in [3.63, 3.8) is 0 Å². The highest BCUT2D eigenvalue weighted by Crippen LogP contribution is 1.88. The molecule has 0 aromatic heterocycles. The van der Waals surface area contributed by atoms with Gasteiger partial charge in [-0.25, -0.2) is 0 Å². The molecule has 0 aromatic carbocycles. The number of amides is 2. The van der Waals surface area contributed by atoms with E-state index < -0.39 is 0 Å². The number of hydrogen-bond acceptors (Lipinski definition) is 2. The van der Waals surface area contributed by atoms with Crippen molar-refractivity contribution in [2.75, 3.05) is 20.1 Å². The number of rotatable bonds is 0. The van der Waals surface area contributed by atoms with Crippen molar-refractivity contribution in [3.8, 4) is 0 Å². The normalized spacial score (nSPS) is 19.9. The Morgan fingerprint density at radius 2 is 2.22 bits per heavy atom. The van der Waals surface area contributed by atoms with E-state index in [1.165, 1.54) is 4.90 Å². The first kappa shape index (κ1) is 6.07. The SMILES string of the molecule is CN1CC(=O)[15NH][13CH2][13C]1=O. The molecule has 0 atom stereocenters. The number of hydrogen-bond donors (Lipinski definition) is 1. The van der Waals surface area contributed by atoms with Gasteiger partial charge in [0.05, 0.1) is 13.1 Å². The fraction of sp³-hybridized carbons (Fsp3) is 0.600. The van der Waals surface area contributed by atoms with Crippen LogP contribution in [0.5, 0.6) is 0 Å². The van der Waals surface area contributed by atoms with Gasteiger partial charge < -0.3 is 10.2 Å². The van der Waals surface area contributed by atoms with Gasteiger partial charge in [0.1, 0.15) is 0 Å². The predicted octanol–water partition coefficient (Wildman–Crippen LogP) is -1.43. The quantitative estimate of drug-likeness (QED) is 0.324. The zero-order chi connectivity index (χ0) is 6.85. The number of nitrogens with zero attached hydrogens (tertiary/aromatic N) is 1. The second-order valence-electron chi connectivity index (χ2n) is 2.03. The highest BCUT2D eigenvalue weighted by molar-refractivity contribution is 5.92. The van der Waals surface area contributed by atoms with Crippen molar-refractivity contribution >= 4 is 11.8 Å². The van der Waals surface area contributed by atoms with E-state index in [0.29, 0.717) is 0 Å². The van der Waals surface area contributed by atoms with Crippen molar-refractivity contribution in [3.05, 3.63) is 0 Å². The largest absolute Gasteiger partial charge is 0.345 e. The zero-order valence-electron chi connectivity index (χ0n) is 5.18. The molecule has 2 amide bonds. The lowest BCUT2D eigenvalue weighted by molar-refractivity contribution is -0.139. The van der Waals surface area contributed by atoms with Crippen LogP contribution in [0.4, 0.5) is 0 Å². The van der Waals surface area contributed by atoms with Gasteiger partial charge in [-0.15, -0.1) is 0 Å². The Labute approximate surface area is 52.8 Å². The van der Waals surface area contributed by atoms with Crippen LogP contribution >= 0.6 is 0 Å². The predicted molar refractivity (Wildman–Crippen MR) is 30.6 cm³/mol. The van der Waals surface area contributed by atoms with Crippen LogP contribution in [-0.4, -0.2) is 36.9 Å². The maximum absolute atomic E-state index is 10.7. The Morgan fingerprint density at radius 3 is 2.67 bits per heavy atom. The fourth-order valence-corrected chi connectivity index (χ4v) is 0.669. The summed E-state index contributed by atoms with van der Waals surface area (Å²) in [6.07, 6.45) is 0. The van der Waals surface area contributed by atoms with Gasteiger partial charge in [-0.05, 0) is 0 Å². The number of likely N-dealkylation sites (N-methyl/N-ethyl adjacent to an activating group) is 1. The number of nitrogens with one attached hydrogen (secondary N) is 1. The third-order valence-corrected chi connectivity index (χ3v) is 1.24. The van der Waals surface area contributed by atoms with E-state index in [-0.39, 0.29) is 24.9 Å². The van der Waals surface area contributed by atoms with E-state index in [9.17, 15) is 9.59 Å². The lowest BCUT2D eigenvalue weighted by Crippen LogP contribution is -2.49. The van der Waals surface area contributed by atoms with Gasteiger partial charge in [0.15, 0.2) is 0 Å². The van der Waals surface area contributed by atoms with Crippen molar-refractivity contribution < 1.29 is 9.59 Å². The standard InChI is InChI=1S/C5H8N2O2/c1-7-3-4(8)6-2-5(7)9/h2-3H2,1H3,(H,6,8)/i2+1,5+1,6+1. The lowest BCUT2D eigenvalue weighted by atomic mass is 10.6. The van der Waals surface area contributed by atoms with E-state index in [4.69, 9.17) is 0 Å². The minimum atomic E-state index is -0.0860. The summed E-state index contributed by atoms with van der Waals surface area (Å²) in [5.41, 5.74) is 0. The summed E-state index contributed by atoms with van der Waals surface area (Å²) in [4.78, 5) is 22.6. The number of piperazine rings is 1. The Hall–Kier alpha value is -1.06. The molecule has 1 aliphatic rings. The van der Waals surface area contributed by atoms with Gasteiger partial charge in [-0.1, -0.05) is 0 Å². The monoisotopic (exact) mass is 131 g/mol. The van der Waals surface area contributed by atoms with E-state index in [0.717, 1.165) is 0 Å². The molecule has 0 unspecified atom stereocenters. The summed E-state index contributed by atoms with van der Waals surface area (Å²) in [5.74, 6) is -0.119. The van der Waals surface area contributed by atoms with Gasteiger partial charge in [-0.3, -0.25) is 9.59 Å². The fourth-order valence-electron chi connectivity index (χ4n) is 0.669. The molecule has 1 heterocycles. The Morgan fingerprint density at radius 1 is 1.56 bits per heavy atom. The van der Waals surface area contributed by atoms with Crippen molar-refractivity contribution in [2.24, 2.45) is 0 Å². The van der Waals surface area contributed by atoms with Crippen LogP contribution in [0.3, 0.4) is 0 Å². The van der Waals surface area contributed by atoms with Gasteiger partial charge in [0, 0.05) is 7.05 Å². The highest BCUT2D eigenvalue weighted by atomic mass is 16.2. The average molecular weight is 131 g/mol. The van der Waals surface area contributed by atoms with Crippen molar-refractivity contribution in [2.45, 2.75) is 0 Å². The molecule has 0 aliphatic carbocycles. The van der Waals surface area contributed by atoms with Gasteiger partial charge in [0.25, 0.3) is 0 Å². The second-order valence-corrected chi connectivity index (χ2v) is 2.03. The molecule has 1 fully saturated rings. The molecule has 0 saturated carbocycles. The molecule has 9 heavy (non-hydrogen) atoms. The van der Waals surface area contributed by atoms with Gasteiger partial charge >= 0.3 is 0 Å². The van der Waals surface area contributed by atoms with Crippen LogP contribution in [-0.2, 0) is 9.59 Å². The molecule has 0 bridgehead atoms. The van der Waals surface area contributed by atoms with E-state index in [1.54, 1.807) is 7.05 Å². The summed E-state index contributed by atoms with van der Waals surface area (Å²) in [7, 11) is 1.61. The first-order valence-corrected chi connectivity index (χ1v) is 2.71. The summed E-state index contributed by atoms with van der Waals surface area (Å²) < 4.78 is 0. The van der Waals surface area contributed by atoms with Gasteiger partial charge in [0.2, 0.25) is 11.8 Å². The Bertz CT molecular complexity index is 155. The lowest BCUT2D eigenvalue weighted by Gasteiger charge is -2.21. The van der Waals surface area contributed by atoms with Crippen LogP contribution in [0.25, 0.3) is 0 Å². The van der Waals surface area contributed by atoms with Crippen LogP contribution in [0.15, 0.2) is 0 Å². The minimum Gasteiger partial charge on any atom is -0.345 e. The molecule has 1 saturated heterocycles. The van der Waals surface area contributed by atoms with Crippen molar-refractivity contribution in [1.82, 2.24) is 10.2 Å². The number of carbonyl (C=O) groups excluding carboxylic acids is 2. The molecule has 0 aromatic rings. The maximum atomic E-state index is 10.7. The molecule has 0 radical (unpaired) electrons. The molecule has 4 nitrogen and oxygen atoms in total. The summed E-state index contributed by atoms with van der Waals surface area (Å²) in [5, 5.41) is 2.43. The number of carbonyl (C=O) groups is 2. The van der Waals surface area contributed by atoms with E-state index in [1.807, 2.05) is 0 Å². The first-order chi connectivity index (χ1) is 4.20. The van der Waals surface area contributed by atoms with Crippen LogP contribution < -0.4 is 5.32 Å². The van der Waals surface area contributed by atoms with Crippen LogP contribution in [0.1, 0.15) is 0 Å². The van der Waals surface area contributed by atoms with Crippen molar-refractivity contribution in [1.29, 1.82) is 0 Å². The second kappa shape index (κ2) is 2.05. The molecule has 1 N–H and O–H groups in total. The summed E-state index contributed by atoms with van der Waals surface area (Å²) in [6.45, 7) is 0.341. The Balaban J connectivity index is 2.54. The van der Waals surface area contributed by atoms with E-state index in [2.05, 4.69) is 5.32 Å². The third-order valence-electron chi connectivity index (χ3n) is 1.24. The summed E-state index contributed by atoms with van der Waals surface area (Å²) in [6, 6.07) is 0. The van der Waals surface area contributed by atoms with Crippen LogP contribution in [0, 0.1) is 0 Å². The zero-order valence-corrected chi connectivity index (χ0v) is 5.18. The topological polar surface area (TPSA) is 49.4 Å². The summed E-state index contributed by atoms with van der Waals surface area (Å²) >= 11 is 0. The first-order valence-electron chi connectivity index (χ1n) is 2.71. The smallest absolute Gasteiger partial charge is 0.242 e. The molecule has 1 rings (SSSR count). The molecule has 0 spiro atoms.